The molecular formula is C14H13ClF3N3S. The van der Waals surface area contributed by atoms with E-state index in [0.717, 1.165) is 23.7 Å². The average Bonchev–Trinajstić information content (AvgIpc) is 3.02. The molecule has 22 heavy (non-hydrogen) atoms. The fourth-order valence-corrected chi connectivity index (χ4v) is 3.27. The van der Waals surface area contributed by atoms with Crippen LogP contribution in [-0.2, 0) is 18.3 Å². The number of hydrogen-bond donors (Lipinski definition) is 1. The summed E-state index contributed by atoms with van der Waals surface area (Å²) in [6.07, 6.45) is -1.77. The number of alkyl halides is 3. The van der Waals surface area contributed by atoms with E-state index in [9.17, 15) is 13.2 Å². The zero-order chi connectivity index (χ0) is 15.9. The predicted octanol–water partition coefficient (Wildman–Crippen LogP) is 4.38. The summed E-state index contributed by atoms with van der Waals surface area (Å²) in [7, 11) is 0. The molecule has 0 spiro atoms. The molecule has 0 atom stereocenters. The summed E-state index contributed by atoms with van der Waals surface area (Å²) in [6, 6.07) is 3.75. The number of nitrogens with zero attached hydrogens (tertiary/aromatic N) is 2. The van der Waals surface area contributed by atoms with Crippen LogP contribution >= 0.6 is 23.4 Å². The highest BCUT2D eigenvalue weighted by Gasteiger charge is 2.36. The molecular weight excluding hydrogens is 335 g/mol. The van der Waals surface area contributed by atoms with E-state index in [2.05, 4.69) is 10.4 Å². The molecule has 1 aromatic carbocycles. The smallest absolute Gasteiger partial charge is 0.369 e. The maximum absolute atomic E-state index is 13.3. The Balaban J connectivity index is 2.19. The minimum absolute atomic E-state index is 0.00472. The number of aromatic nitrogens is 2. The Bertz CT molecular complexity index is 712. The molecule has 0 saturated heterocycles. The van der Waals surface area contributed by atoms with Crippen LogP contribution in [0.1, 0.15) is 16.8 Å². The number of benzene rings is 1. The summed E-state index contributed by atoms with van der Waals surface area (Å²) in [5.74, 6) is 1.32. The van der Waals surface area contributed by atoms with Crippen molar-refractivity contribution in [3.05, 3.63) is 40.0 Å². The van der Waals surface area contributed by atoms with Gasteiger partial charge < -0.3 is 5.32 Å². The molecule has 0 amide bonds. The highest BCUT2D eigenvalue weighted by Crippen LogP contribution is 2.38. The summed E-state index contributed by atoms with van der Waals surface area (Å²) in [5, 5.41) is 7.57. The van der Waals surface area contributed by atoms with Crippen molar-refractivity contribution in [2.24, 2.45) is 0 Å². The van der Waals surface area contributed by atoms with Crippen molar-refractivity contribution in [2.75, 3.05) is 18.1 Å². The second-order valence-electron chi connectivity index (χ2n) is 4.95. The van der Waals surface area contributed by atoms with Crippen molar-refractivity contribution in [1.29, 1.82) is 0 Å². The monoisotopic (exact) mass is 347 g/mol. The Morgan fingerprint density at radius 1 is 1.41 bits per heavy atom. The largest absolute Gasteiger partial charge is 0.418 e. The van der Waals surface area contributed by atoms with Gasteiger partial charge in [0.15, 0.2) is 0 Å². The van der Waals surface area contributed by atoms with Crippen molar-refractivity contribution in [1.82, 2.24) is 9.78 Å². The second kappa shape index (κ2) is 5.70. The van der Waals surface area contributed by atoms with Gasteiger partial charge in [-0.05, 0) is 30.9 Å². The van der Waals surface area contributed by atoms with E-state index in [0.29, 0.717) is 18.1 Å². The second-order valence-corrected chi connectivity index (χ2v) is 6.26. The number of hydrogen-bond acceptors (Lipinski definition) is 3. The lowest BCUT2D eigenvalue weighted by molar-refractivity contribution is -0.137. The first-order chi connectivity index (χ1) is 10.4. The first-order valence-corrected chi connectivity index (χ1v) is 8.39. The summed E-state index contributed by atoms with van der Waals surface area (Å²) >= 11 is 7.33. The van der Waals surface area contributed by atoms with E-state index in [1.54, 1.807) is 11.8 Å². The highest BCUT2D eigenvalue weighted by molar-refractivity contribution is 7.97. The minimum Gasteiger partial charge on any atom is -0.369 e. The lowest BCUT2D eigenvalue weighted by Gasteiger charge is -2.15. The third-order valence-electron chi connectivity index (χ3n) is 3.51. The van der Waals surface area contributed by atoms with Gasteiger partial charge in [0.05, 0.1) is 16.9 Å². The molecule has 0 aliphatic carbocycles. The summed E-state index contributed by atoms with van der Waals surface area (Å²) < 4.78 is 41.2. The van der Waals surface area contributed by atoms with Crippen molar-refractivity contribution in [2.45, 2.75) is 18.3 Å². The number of halogens is 4. The number of fused-ring (bicyclic) bond motifs is 1. The topological polar surface area (TPSA) is 29.9 Å². The van der Waals surface area contributed by atoms with Crippen LogP contribution in [0, 0.1) is 0 Å². The van der Waals surface area contributed by atoms with Gasteiger partial charge in [0.25, 0.3) is 0 Å². The zero-order valence-electron chi connectivity index (χ0n) is 11.7. The van der Waals surface area contributed by atoms with Crippen LogP contribution < -0.4 is 5.32 Å². The van der Waals surface area contributed by atoms with Crippen LogP contribution in [0.4, 0.5) is 19.0 Å². The highest BCUT2D eigenvalue weighted by atomic mass is 35.5. The molecule has 0 bridgehead atoms. The van der Waals surface area contributed by atoms with Crippen LogP contribution in [0.5, 0.6) is 0 Å². The van der Waals surface area contributed by atoms with E-state index in [1.165, 1.54) is 16.8 Å². The normalized spacial score (nSPS) is 14.0. The first kappa shape index (κ1) is 15.6. The molecule has 3 rings (SSSR count). The predicted molar refractivity (Wildman–Crippen MR) is 83.0 cm³/mol. The summed E-state index contributed by atoms with van der Waals surface area (Å²) in [5.41, 5.74) is 1.04. The van der Waals surface area contributed by atoms with E-state index in [1.807, 2.05) is 6.26 Å². The zero-order valence-corrected chi connectivity index (χ0v) is 13.2. The molecule has 0 saturated carbocycles. The molecule has 1 aromatic heterocycles. The van der Waals surface area contributed by atoms with Crippen molar-refractivity contribution in [3.63, 3.8) is 0 Å². The van der Waals surface area contributed by atoms with Crippen molar-refractivity contribution >= 4 is 29.2 Å². The van der Waals surface area contributed by atoms with Crippen LogP contribution in [-0.4, -0.2) is 22.6 Å². The van der Waals surface area contributed by atoms with Gasteiger partial charge in [-0.1, -0.05) is 11.6 Å². The van der Waals surface area contributed by atoms with E-state index in [4.69, 9.17) is 11.6 Å². The van der Waals surface area contributed by atoms with Gasteiger partial charge in [-0.3, -0.25) is 0 Å². The molecule has 8 heteroatoms. The van der Waals surface area contributed by atoms with Gasteiger partial charge in [0, 0.05) is 22.9 Å². The quantitative estimate of drug-likeness (QED) is 0.893. The Hall–Kier alpha value is -1.34. The number of anilines is 1. The summed E-state index contributed by atoms with van der Waals surface area (Å²) in [4.78, 5) is 0. The van der Waals surface area contributed by atoms with Gasteiger partial charge in [0.2, 0.25) is 0 Å². The Labute approximate surface area is 134 Å². The number of nitrogens with one attached hydrogen (secondary N) is 1. The average molecular weight is 348 g/mol. The molecule has 1 aliphatic rings. The molecule has 0 fully saturated rings. The minimum atomic E-state index is -4.49. The van der Waals surface area contributed by atoms with E-state index >= 15 is 0 Å². The summed E-state index contributed by atoms with van der Waals surface area (Å²) in [6.45, 7) is 0.712. The third kappa shape index (κ3) is 2.67. The van der Waals surface area contributed by atoms with Crippen molar-refractivity contribution < 1.29 is 13.2 Å². The van der Waals surface area contributed by atoms with E-state index in [-0.39, 0.29) is 10.7 Å². The van der Waals surface area contributed by atoms with E-state index < -0.39 is 11.7 Å². The fourth-order valence-electron chi connectivity index (χ4n) is 2.59. The van der Waals surface area contributed by atoms with Gasteiger partial charge in [0.1, 0.15) is 5.82 Å². The van der Waals surface area contributed by atoms with Crippen LogP contribution in [0.15, 0.2) is 18.2 Å². The fraction of sp³-hybridized carbons (Fsp3) is 0.357. The number of thioether (sulfide) groups is 1. The Morgan fingerprint density at radius 2 is 2.18 bits per heavy atom. The maximum Gasteiger partial charge on any atom is 0.418 e. The lowest BCUT2D eigenvalue weighted by atomic mass is 10.1. The third-order valence-corrected chi connectivity index (χ3v) is 4.30. The maximum atomic E-state index is 13.3. The Morgan fingerprint density at radius 3 is 2.86 bits per heavy atom. The molecule has 0 radical (unpaired) electrons. The SMILES string of the molecule is CSCc1nn(-c2ccc(Cl)cc2C(F)(F)F)c2c1CCN2. The molecule has 0 unspecified atom stereocenters. The van der Waals surface area contributed by atoms with Gasteiger partial charge in [-0.25, -0.2) is 4.68 Å². The molecule has 118 valence electrons. The molecule has 3 nitrogen and oxygen atoms in total. The van der Waals surface area contributed by atoms with Crippen LogP contribution in [0.25, 0.3) is 5.69 Å². The van der Waals surface area contributed by atoms with Crippen LogP contribution in [0.3, 0.4) is 0 Å². The molecule has 1 aliphatic heterocycles. The number of rotatable bonds is 3. The molecule has 2 heterocycles. The first-order valence-electron chi connectivity index (χ1n) is 6.62. The molecule has 2 aromatic rings. The Kier molecular flexibility index (Phi) is 4.03. The van der Waals surface area contributed by atoms with Crippen LogP contribution in [0.2, 0.25) is 5.02 Å². The lowest BCUT2D eigenvalue weighted by Crippen LogP contribution is -2.13. The van der Waals surface area contributed by atoms with Gasteiger partial charge >= 0.3 is 6.18 Å². The van der Waals surface area contributed by atoms with Crippen molar-refractivity contribution in [3.8, 4) is 5.69 Å². The van der Waals surface area contributed by atoms with Gasteiger partial charge in [-0.2, -0.15) is 30.0 Å². The van der Waals surface area contributed by atoms with Gasteiger partial charge in [-0.15, -0.1) is 0 Å². The standard InChI is InChI=1S/C14H13ClF3N3S/c1-22-7-11-9-4-5-19-13(9)21(20-11)12-3-2-8(15)6-10(12)14(16,17)18/h2-3,6,19H,4-5,7H2,1H3. The molecule has 1 N–H and O–H groups in total.